The van der Waals surface area contributed by atoms with Crippen LogP contribution < -0.4 is 0 Å². The summed E-state index contributed by atoms with van der Waals surface area (Å²) in [4.78, 5) is 1.95. The van der Waals surface area contributed by atoms with Gasteiger partial charge in [-0.15, -0.1) is 12.4 Å². The van der Waals surface area contributed by atoms with E-state index in [1.54, 1.807) is 6.08 Å². The highest BCUT2D eigenvalue weighted by atomic mass is 35.5. The molecule has 0 spiro atoms. The first kappa shape index (κ1) is 16.1. The van der Waals surface area contributed by atoms with Gasteiger partial charge in [-0.25, -0.2) is 0 Å². The summed E-state index contributed by atoms with van der Waals surface area (Å²) in [6, 6.07) is 16.9. The maximum atomic E-state index is 8.12. The van der Waals surface area contributed by atoms with Crippen molar-refractivity contribution in [2.75, 3.05) is 6.61 Å². The molecule has 2 aromatic carbocycles. The molecule has 22 heavy (non-hydrogen) atoms. The van der Waals surface area contributed by atoms with Crippen molar-refractivity contribution >= 4 is 18.4 Å². The summed E-state index contributed by atoms with van der Waals surface area (Å²) in [5.74, 6) is 0. The van der Waals surface area contributed by atoms with Crippen molar-refractivity contribution in [2.45, 2.75) is 13.1 Å². The van der Waals surface area contributed by atoms with Crippen LogP contribution in [0, 0.1) is 5.41 Å². The lowest BCUT2D eigenvalue weighted by Crippen LogP contribution is -2.30. The third-order valence-corrected chi connectivity index (χ3v) is 3.67. The van der Waals surface area contributed by atoms with Crippen molar-refractivity contribution in [2.24, 2.45) is 0 Å². The topological polar surface area (TPSA) is 36.3 Å². The molecule has 1 aliphatic heterocycles. The van der Waals surface area contributed by atoms with Gasteiger partial charge >= 0.3 is 0 Å². The fourth-order valence-corrected chi connectivity index (χ4v) is 2.68. The number of amidine groups is 1. The van der Waals surface area contributed by atoms with Crippen LogP contribution in [0.2, 0.25) is 0 Å². The molecule has 0 aromatic heterocycles. The molecule has 0 saturated carbocycles. The summed E-state index contributed by atoms with van der Waals surface area (Å²) in [5, 5.41) is 8.12. The molecule has 1 heterocycles. The van der Waals surface area contributed by atoms with Gasteiger partial charge in [0.1, 0.15) is 6.61 Å². The van der Waals surface area contributed by atoms with E-state index in [2.05, 4.69) is 43.0 Å². The number of halogens is 1. The Morgan fingerprint density at radius 1 is 1.05 bits per heavy atom. The van der Waals surface area contributed by atoms with E-state index in [-0.39, 0.29) is 18.4 Å². The minimum Gasteiger partial charge on any atom is -0.461 e. The number of rotatable bonds is 2. The lowest BCUT2D eigenvalue weighted by Gasteiger charge is -2.23. The Bertz CT molecular complexity index is 637. The molecular weight excluding hydrogens is 296 g/mol. The normalized spacial score (nSPS) is 12.3. The van der Waals surface area contributed by atoms with E-state index in [9.17, 15) is 0 Å². The van der Waals surface area contributed by atoms with E-state index in [1.807, 2.05) is 17.0 Å². The molecule has 0 bridgehead atoms. The Balaban J connectivity index is 0.00000176. The van der Waals surface area contributed by atoms with Crippen molar-refractivity contribution in [3.8, 4) is 11.1 Å². The zero-order valence-electron chi connectivity index (χ0n) is 12.3. The average Bonchev–Trinajstić information content (AvgIpc) is 2.69. The smallest absolute Gasteiger partial charge is 0.285 e. The number of hydrogen-bond donors (Lipinski definition) is 1. The number of ether oxygens (including phenoxy) is 1. The highest BCUT2D eigenvalue weighted by Crippen LogP contribution is 2.32. The molecule has 4 heteroatoms. The molecule has 1 aliphatic rings. The van der Waals surface area contributed by atoms with Gasteiger partial charge in [-0.05, 0) is 22.3 Å². The number of hydrogen-bond acceptors (Lipinski definition) is 2. The van der Waals surface area contributed by atoms with Crippen molar-refractivity contribution < 1.29 is 4.74 Å². The van der Waals surface area contributed by atoms with E-state index in [0.29, 0.717) is 19.7 Å². The van der Waals surface area contributed by atoms with Gasteiger partial charge in [0, 0.05) is 13.1 Å². The van der Waals surface area contributed by atoms with Gasteiger partial charge < -0.3 is 9.64 Å². The van der Waals surface area contributed by atoms with Crippen LogP contribution in [-0.4, -0.2) is 17.5 Å². The van der Waals surface area contributed by atoms with Crippen LogP contribution in [0.4, 0.5) is 0 Å². The van der Waals surface area contributed by atoms with E-state index >= 15 is 0 Å². The maximum absolute atomic E-state index is 8.12. The molecule has 0 radical (unpaired) electrons. The fraction of sp³-hybridized carbons (Fsp3) is 0.167. The molecule has 3 nitrogen and oxygen atoms in total. The first-order valence-electron chi connectivity index (χ1n) is 7.03. The van der Waals surface area contributed by atoms with E-state index in [1.165, 1.54) is 22.3 Å². The van der Waals surface area contributed by atoms with E-state index in [0.717, 1.165) is 0 Å². The molecule has 114 valence electrons. The minimum atomic E-state index is 0. The van der Waals surface area contributed by atoms with Crippen LogP contribution in [0.25, 0.3) is 11.1 Å². The minimum absolute atomic E-state index is 0. The molecule has 0 fully saturated rings. The molecule has 3 rings (SSSR count). The lowest BCUT2D eigenvalue weighted by molar-refractivity contribution is 0.243. The third kappa shape index (κ3) is 3.15. The third-order valence-electron chi connectivity index (χ3n) is 3.67. The number of nitrogens with one attached hydrogen (secondary N) is 1. The van der Waals surface area contributed by atoms with Gasteiger partial charge in [0.2, 0.25) is 0 Å². The molecular formula is C18H19ClN2O. The zero-order chi connectivity index (χ0) is 14.7. The monoisotopic (exact) mass is 314 g/mol. The molecule has 0 atom stereocenters. The Morgan fingerprint density at radius 3 is 2.05 bits per heavy atom. The van der Waals surface area contributed by atoms with Gasteiger partial charge in [0.05, 0.1) is 0 Å². The maximum Gasteiger partial charge on any atom is 0.285 e. The van der Waals surface area contributed by atoms with E-state index in [4.69, 9.17) is 10.1 Å². The second-order valence-electron chi connectivity index (χ2n) is 5.08. The zero-order valence-corrected chi connectivity index (χ0v) is 13.1. The lowest BCUT2D eigenvalue weighted by atomic mass is 9.97. The predicted molar refractivity (Wildman–Crippen MR) is 92.2 cm³/mol. The van der Waals surface area contributed by atoms with Gasteiger partial charge in [-0.1, -0.05) is 61.2 Å². The van der Waals surface area contributed by atoms with Crippen molar-refractivity contribution in [1.29, 1.82) is 5.41 Å². The Kier molecular flexibility index (Phi) is 5.23. The summed E-state index contributed by atoms with van der Waals surface area (Å²) < 4.78 is 5.41. The van der Waals surface area contributed by atoms with Crippen molar-refractivity contribution in [1.82, 2.24) is 4.90 Å². The largest absolute Gasteiger partial charge is 0.461 e. The standard InChI is InChI=1S/C18H18N2O.ClH/c1-2-11-21-18(19)20-12-14-7-3-5-9-16(14)17-10-6-4-8-15(17)13-20;/h2-10,19H,1,11-13H2;1H. The van der Waals surface area contributed by atoms with Gasteiger partial charge in [-0.3, -0.25) is 5.41 Å². The first-order chi connectivity index (χ1) is 10.3. The van der Waals surface area contributed by atoms with Crippen LogP contribution in [0.5, 0.6) is 0 Å². The second-order valence-corrected chi connectivity index (χ2v) is 5.08. The number of fused-ring (bicyclic) bond motifs is 3. The quantitative estimate of drug-likeness (QED) is 0.511. The average molecular weight is 315 g/mol. The first-order valence-corrected chi connectivity index (χ1v) is 7.03. The van der Waals surface area contributed by atoms with Crippen molar-refractivity contribution in [3.63, 3.8) is 0 Å². The Hall–Kier alpha value is -2.26. The fourth-order valence-electron chi connectivity index (χ4n) is 2.68. The highest BCUT2D eigenvalue weighted by molar-refractivity contribution is 5.85. The molecule has 0 unspecified atom stereocenters. The number of nitrogens with zero attached hydrogens (tertiary/aromatic N) is 1. The van der Waals surface area contributed by atoms with Gasteiger partial charge in [0.15, 0.2) is 0 Å². The van der Waals surface area contributed by atoms with Crippen LogP contribution in [0.15, 0.2) is 61.2 Å². The Labute approximate surface area is 137 Å². The van der Waals surface area contributed by atoms with Crippen LogP contribution in [-0.2, 0) is 17.8 Å². The summed E-state index contributed by atoms with van der Waals surface area (Å²) >= 11 is 0. The SMILES string of the molecule is C=CCOC(=N)N1Cc2ccccc2-c2ccccc2C1.Cl. The predicted octanol–water partition coefficient (Wildman–Crippen LogP) is 4.23. The summed E-state index contributed by atoms with van der Waals surface area (Å²) in [5.41, 5.74) is 4.92. The van der Waals surface area contributed by atoms with E-state index < -0.39 is 0 Å². The molecule has 1 N–H and O–H groups in total. The highest BCUT2D eigenvalue weighted by Gasteiger charge is 2.21. The summed E-state index contributed by atoms with van der Waals surface area (Å²) in [6.45, 7) is 5.35. The molecule has 0 aliphatic carbocycles. The molecule has 2 aromatic rings. The second kappa shape index (κ2) is 7.14. The van der Waals surface area contributed by atoms with Crippen LogP contribution >= 0.6 is 12.4 Å². The van der Waals surface area contributed by atoms with Gasteiger partial charge in [-0.2, -0.15) is 0 Å². The van der Waals surface area contributed by atoms with Gasteiger partial charge in [0.25, 0.3) is 6.02 Å². The summed E-state index contributed by atoms with van der Waals surface area (Å²) in [7, 11) is 0. The molecule has 0 saturated heterocycles. The van der Waals surface area contributed by atoms with Crippen molar-refractivity contribution in [3.05, 3.63) is 72.3 Å². The Morgan fingerprint density at radius 2 is 1.55 bits per heavy atom. The number of benzene rings is 2. The van der Waals surface area contributed by atoms with Crippen LogP contribution in [0.3, 0.4) is 0 Å². The summed E-state index contributed by atoms with van der Waals surface area (Å²) in [6.07, 6.45) is 1.66. The molecule has 0 amide bonds. The van der Waals surface area contributed by atoms with Crippen LogP contribution in [0.1, 0.15) is 11.1 Å².